The van der Waals surface area contributed by atoms with Crippen LogP contribution in [0.3, 0.4) is 0 Å². The Morgan fingerprint density at radius 3 is 2.19 bits per heavy atom. The molecule has 8 heteroatoms. The van der Waals surface area contributed by atoms with E-state index in [9.17, 15) is 16.8 Å². The van der Waals surface area contributed by atoms with E-state index in [1.54, 1.807) is 12.1 Å². The average molecular weight is 415 g/mol. The van der Waals surface area contributed by atoms with Gasteiger partial charge in [-0.05, 0) is 49.3 Å². The number of rotatable bonds is 6. The smallest absolute Gasteiger partial charge is 0.214 e. The Morgan fingerprint density at radius 1 is 0.926 bits per heavy atom. The van der Waals surface area contributed by atoms with Crippen molar-refractivity contribution >= 4 is 20.0 Å². The molecule has 0 radical (unpaired) electrons. The van der Waals surface area contributed by atoms with Crippen LogP contribution in [0.2, 0.25) is 0 Å². The first-order valence-corrected chi connectivity index (χ1v) is 13.2. The van der Waals surface area contributed by atoms with Crippen molar-refractivity contribution in [3.8, 4) is 0 Å². The number of benzene rings is 1. The molecule has 0 bridgehead atoms. The van der Waals surface area contributed by atoms with Crippen LogP contribution in [0.15, 0.2) is 29.2 Å². The van der Waals surface area contributed by atoms with Crippen LogP contribution in [0.25, 0.3) is 0 Å². The summed E-state index contributed by atoms with van der Waals surface area (Å²) in [6.07, 6.45) is 9.61. The van der Waals surface area contributed by atoms with Crippen molar-refractivity contribution in [2.75, 3.05) is 19.3 Å². The quantitative estimate of drug-likeness (QED) is 0.776. The monoisotopic (exact) mass is 414 g/mol. The summed E-state index contributed by atoms with van der Waals surface area (Å²) in [5.41, 5.74) is 1.22. The molecule has 0 aromatic heterocycles. The van der Waals surface area contributed by atoms with Crippen LogP contribution >= 0.6 is 0 Å². The molecule has 3 rings (SSSR count). The van der Waals surface area contributed by atoms with E-state index in [0.717, 1.165) is 19.1 Å². The van der Waals surface area contributed by atoms with E-state index in [1.807, 2.05) is 12.1 Å². The van der Waals surface area contributed by atoms with E-state index >= 15 is 0 Å². The maximum Gasteiger partial charge on any atom is 0.243 e. The van der Waals surface area contributed by atoms with Crippen molar-refractivity contribution in [1.29, 1.82) is 0 Å². The molecule has 1 aromatic carbocycles. The zero-order valence-electron chi connectivity index (χ0n) is 15.9. The van der Waals surface area contributed by atoms with Gasteiger partial charge in [0.1, 0.15) is 0 Å². The number of hydrogen-bond donors (Lipinski definition) is 1. The molecule has 2 aliphatic rings. The summed E-state index contributed by atoms with van der Waals surface area (Å²) in [5.74, 6) is 0.539. The molecule has 1 saturated heterocycles. The zero-order chi connectivity index (χ0) is 19.5. The zero-order valence-corrected chi connectivity index (χ0v) is 17.6. The van der Waals surface area contributed by atoms with Gasteiger partial charge in [0.25, 0.3) is 0 Å². The third-order valence-electron chi connectivity index (χ3n) is 5.72. The van der Waals surface area contributed by atoms with Crippen molar-refractivity contribution in [2.45, 2.75) is 68.2 Å². The molecule has 27 heavy (non-hydrogen) atoms. The van der Waals surface area contributed by atoms with E-state index in [0.29, 0.717) is 23.8 Å². The maximum atomic E-state index is 13.2. The lowest BCUT2D eigenvalue weighted by atomic mass is 9.84. The van der Waals surface area contributed by atoms with Gasteiger partial charge in [0.2, 0.25) is 20.0 Å². The van der Waals surface area contributed by atoms with Crippen molar-refractivity contribution in [3.05, 3.63) is 29.8 Å². The fourth-order valence-electron chi connectivity index (χ4n) is 4.23. The Labute approximate surface area is 163 Å². The molecular weight excluding hydrogens is 384 g/mol. The van der Waals surface area contributed by atoms with E-state index in [4.69, 9.17) is 0 Å². The third kappa shape index (κ3) is 5.31. The first-order valence-electron chi connectivity index (χ1n) is 9.84. The van der Waals surface area contributed by atoms with Gasteiger partial charge in [-0.1, -0.05) is 37.8 Å². The normalized spacial score (nSPS) is 23.4. The van der Waals surface area contributed by atoms with Gasteiger partial charge in [-0.15, -0.1) is 0 Å². The molecule has 1 N–H and O–H groups in total. The molecule has 1 heterocycles. The Balaban J connectivity index is 1.76. The van der Waals surface area contributed by atoms with Crippen LogP contribution < -0.4 is 4.72 Å². The van der Waals surface area contributed by atoms with Crippen molar-refractivity contribution < 1.29 is 16.8 Å². The van der Waals surface area contributed by atoms with Gasteiger partial charge in [-0.3, -0.25) is 0 Å². The van der Waals surface area contributed by atoms with Crippen molar-refractivity contribution in [3.63, 3.8) is 0 Å². The van der Waals surface area contributed by atoms with Crippen molar-refractivity contribution in [2.24, 2.45) is 0 Å². The minimum absolute atomic E-state index is 0.123. The summed E-state index contributed by atoms with van der Waals surface area (Å²) in [6, 6.07) is 7.01. The fraction of sp³-hybridized carbons (Fsp3) is 0.684. The third-order valence-corrected chi connectivity index (χ3v) is 8.37. The second-order valence-electron chi connectivity index (χ2n) is 7.79. The molecular formula is C19H30N2O4S2. The highest BCUT2D eigenvalue weighted by molar-refractivity contribution is 7.89. The van der Waals surface area contributed by atoms with Gasteiger partial charge in [0.15, 0.2) is 0 Å². The van der Waals surface area contributed by atoms with Crippen LogP contribution in [0.5, 0.6) is 0 Å². The van der Waals surface area contributed by atoms with Crippen LogP contribution in [-0.4, -0.2) is 46.5 Å². The van der Waals surface area contributed by atoms with Crippen LogP contribution in [0.1, 0.15) is 62.8 Å². The standard InChI is InChI=1S/C19H30N2O4S2/c1-26(22,23)20-15-18-9-5-6-14-21(18)27(24,25)19-12-10-17(11-13-19)16-7-3-2-4-8-16/h10-13,16,18,20H,2-9,14-15H2,1H3/t18-/m0/s1. The van der Waals surface area contributed by atoms with Gasteiger partial charge < -0.3 is 0 Å². The molecule has 1 aromatic rings. The number of hydrogen-bond acceptors (Lipinski definition) is 4. The number of nitrogens with one attached hydrogen (secondary N) is 1. The molecule has 0 spiro atoms. The molecule has 1 atom stereocenters. The lowest BCUT2D eigenvalue weighted by Crippen LogP contribution is -2.49. The predicted molar refractivity (Wildman–Crippen MR) is 107 cm³/mol. The summed E-state index contributed by atoms with van der Waals surface area (Å²) >= 11 is 0. The highest BCUT2D eigenvalue weighted by atomic mass is 32.2. The molecule has 0 amide bonds. The first kappa shape index (κ1) is 20.8. The molecule has 1 saturated carbocycles. The Kier molecular flexibility index (Phi) is 6.61. The molecule has 152 valence electrons. The fourth-order valence-corrected chi connectivity index (χ4v) is 6.41. The van der Waals surface area contributed by atoms with Gasteiger partial charge in [0.05, 0.1) is 11.2 Å². The molecule has 1 aliphatic carbocycles. The molecule has 2 fully saturated rings. The molecule has 1 aliphatic heterocycles. The Hall–Kier alpha value is -0.960. The highest BCUT2D eigenvalue weighted by Crippen LogP contribution is 2.33. The summed E-state index contributed by atoms with van der Waals surface area (Å²) in [7, 11) is -6.97. The van der Waals surface area contributed by atoms with Crippen LogP contribution in [0, 0.1) is 0 Å². The van der Waals surface area contributed by atoms with E-state index in [1.165, 1.54) is 42.0 Å². The minimum atomic E-state index is -3.63. The summed E-state index contributed by atoms with van der Waals surface area (Å²) in [6.45, 7) is 0.557. The maximum absolute atomic E-state index is 13.2. The molecule has 6 nitrogen and oxygen atoms in total. The van der Waals surface area contributed by atoms with Crippen LogP contribution in [-0.2, 0) is 20.0 Å². The SMILES string of the molecule is CS(=O)(=O)NC[C@@H]1CCCCN1S(=O)(=O)c1ccc(C2CCCCC2)cc1. The minimum Gasteiger partial charge on any atom is -0.214 e. The predicted octanol–water partition coefficient (Wildman–Crippen LogP) is 2.83. The van der Waals surface area contributed by atoms with Gasteiger partial charge >= 0.3 is 0 Å². The van der Waals surface area contributed by atoms with E-state index < -0.39 is 20.0 Å². The van der Waals surface area contributed by atoms with Crippen LogP contribution in [0.4, 0.5) is 0 Å². The molecule has 0 unspecified atom stereocenters. The Bertz CT molecular complexity index is 829. The first-order chi connectivity index (χ1) is 12.8. The van der Waals surface area contributed by atoms with Gasteiger partial charge in [-0.2, -0.15) is 4.31 Å². The van der Waals surface area contributed by atoms with Gasteiger partial charge in [0, 0.05) is 19.1 Å². The van der Waals surface area contributed by atoms with E-state index in [-0.39, 0.29) is 12.6 Å². The summed E-state index contributed by atoms with van der Waals surface area (Å²) in [5, 5.41) is 0. The topological polar surface area (TPSA) is 83.6 Å². The lowest BCUT2D eigenvalue weighted by Gasteiger charge is -2.34. The number of nitrogens with zero attached hydrogens (tertiary/aromatic N) is 1. The summed E-state index contributed by atoms with van der Waals surface area (Å²) < 4.78 is 53.1. The lowest BCUT2D eigenvalue weighted by molar-refractivity contribution is 0.253. The number of piperidine rings is 1. The second kappa shape index (κ2) is 8.59. The number of sulfonamides is 2. The van der Waals surface area contributed by atoms with Gasteiger partial charge in [-0.25, -0.2) is 21.6 Å². The van der Waals surface area contributed by atoms with E-state index in [2.05, 4.69) is 4.72 Å². The van der Waals surface area contributed by atoms with Crippen molar-refractivity contribution in [1.82, 2.24) is 9.03 Å². The largest absolute Gasteiger partial charge is 0.243 e. The summed E-state index contributed by atoms with van der Waals surface area (Å²) in [4.78, 5) is 0.299. The Morgan fingerprint density at radius 2 is 1.56 bits per heavy atom. The average Bonchev–Trinajstić information content (AvgIpc) is 2.67. The second-order valence-corrected chi connectivity index (χ2v) is 11.5. The highest BCUT2D eigenvalue weighted by Gasteiger charge is 2.33.